The summed E-state index contributed by atoms with van der Waals surface area (Å²) in [6, 6.07) is 10.4. The van der Waals surface area contributed by atoms with E-state index in [1.807, 2.05) is 6.07 Å². The normalized spacial score (nSPS) is 10.8. The fraction of sp³-hybridized carbons (Fsp3) is 0.412. The average molecular weight is 301 g/mol. The Kier molecular flexibility index (Phi) is 6.21. The number of aryl methyl sites for hydroxylation is 2. The van der Waals surface area contributed by atoms with E-state index in [9.17, 15) is 0 Å². The zero-order valence-corrected chi connectivity index (χ0v) is 13.6. The first-order chi connectivity index (χ1) is 10.3. The summed E-state index contributed by atoms with van der Waals surface area (Å²) < 4.78 is 0. The molecule has 21 heavy (non-hydrogen) atoms. The van der Waals surface area contributed by atoms with Crippen molar-refractivity contribution in [3.05, 3.63) is 53.1 Å². The van der Waals surface area contributed by atoms with Crippen molar-refractivity contribution in [3.63, 3.8) is 0 Å². The molecule has 0 amide bonds. The summed E-state index contributed by atoms with van der Waals surface area (Å²) in [5.74, 6) is 1.74. The maximum atomic E-state index is 5.72. The average Bonchev–Trinajstić information content (AvgIpc) is 2.54. The van der Waals surface area contributed by atoms with E-state index in [1.165, 1.54) is 10.5 Å². The molecule has 2 aromatic rings. The molecule has 0 aliphatic carbocycles. The van der Waals surface area contributed by atoms with E-state index in [-0.39, 0.29) is 0 Å². The monoisotopic (exact) mass is 301 g/mol. The Morgan fingerprint density at radius 1 is 1.00 bits per heavy atom. The molecule has 1 heterocycles. The Labute approximate surface area is 131 Å². The summed E-state index contributed by atoms with van der Waals surface area (Å²) in [4.78, 5) is 10.7. The molecule has 0 radical (unpaired) electrons. The molecule has 2 N–H and O–H groups in total. The molecule has 4 heteroatoms. The fourth-order valence-corrected chi connectivity index (χ4v) is 3.16. The van der Waals surface area contributed by atoms with Gasteiger partial charge in [-0.25, -0.2) is 9.97 Å². The molecule has 0 aliphatic heterocycles. The summed E-state index contributed by atoms with van der Waals surface area (Å²) in [7, 11) is 0. The second-order valence-corrected chi connectivity index (χ2v) is 5.91. The molecule has 3 nitrogen and oxygen atoms in total. The van der Waals surface area contributed by atoms with Crippen LogP contribution in [0.3, 0.4) is 0 Å². The predicted molar refractivity (Wildman–Crippen MR) is 89.5 cm³/mol. The lowest BCUT2D eigenvalue weighted by Gasteiger charge is -2.13. The van der Waals surface area contributed by atoms with Crippen LogP contribution in [0.1, 0.15) is 36.6 Å². The molecule has 112 valence electrons. The molecule has 0 aliphatic rings. The molecule has 0 fully saturated rings. The molecule has 1 aromatic carbocycles. The number of hydrogen-bond donors (Lipinski definition) is 1. The fourth-order valence-electron chi connectivity index (χ4n) is 2.39. The quantitative estimate of drug-likeness (QED) is 0.796. The summed E-state index contributed by atoms with van der Waals surface area (Å²) in [6.45, 7) is 4.95. The minimum atomic E-state index is 0.654. The van der Waals surface area contributed by atoms with Gasteiger partial charge in [-0.2, -0.15) is 0 Å². The molecule has 0 spiro atoms. The molecule has 1 aromatic heterocycles. The van der Waals surface area contributed by atoms with Crippen LogP contribution >= 0.6 is 11.8 Å². The van der Waals surface area contributed by atoms with Crippen molar-refractivity contribution in [3.8, 4) is 0 Å². The molecule has 0 unspecified atom stereocenters. The Bertz CT molecular complexity index is 544. The van der Waals surface area contributed by atoms with Crippen molar-refractivity contribution >= 4 is 11.8 Å². The second kappa shape index (κ2) is 8.15. The third-order valence-electron chi connectivity index (χ3n) is 3.40. The highest BCUT2D eigenvalue weighted by molar-refractivity contribution is 7.98. The lowest BCUT2D eigenvalue weighted by Crippen LogP contribution is -2.13. The van der Waals surface area contributed by atoms with Crippen LogP contribution in [0.5, 0.6) is 0 Å². The van der Waals surface area contributed by atoms with Gasteiger partial charge in [0.2, 0.25) is 0 Å². The number of rotatable bonds is 7. The van der Waals surface area contributed by atoms with Crippen LogP contribution in [0.4, 0.5) is 0 Å². The van der Waals surface area contributed by atoms with E-state index >= 15 is 0 Å². The van der Waals surface area contributed by atoms with E-state index < -0.39 is 0 Å². The zero-order valence-electron chi connectivity index (χ0n) is 12.8. The number of nitrogens with zero attached hydrogens (tertiary/aromatic N) is 2. The van der Waals surface area contributed by atoms with Gasteiger partial charge in [0.1, 0.15) is 5.82 Å². The molecular weight excluding hydrogens is 278 g/mol. The number of benzene rings is 1. The summed E-state index contributed by atoms with van der Waals surface area (Å²) in [6.07, 6.45) is 2.75. The van der Waals surface area contributed by atoms with Crippen molar-refractivity contribution < 1.29 is 0 Å². The van der Waals surface area contributed by atoms with E-state index in [1.54, 1.807) is 11.8 Å². The first-order valence-corrected chi connectivity index (χ1v) is 8.52. The first kappa shape index (κ1) is 16.0. The highest BCUT2D eigenvalue weighted by Gasteiger charge is 2.11. The van der Waals surface area contributed by atoms with Crippen molar-refractivity contribution in [2.45, 2.75) is 43.8 Å². The lowest BCUT2D eigenvalue weighted by molar-refractivity contribution is 0.815. The number of nitrogens with two attached hydrogens (primary N) is 1. The maximum absolute atomic E-state index is 5.72. The minimum absolute atomic E-state index is 0.654. The maximum Gasteiger partial charge on any atom is 0.139 e. The van der Waals surface area contributed by atoms with Gasteiger partial charge >= 0.3 is 0 Å². The highest BCUT2D eigenvalue weighted by Crippen LogP contribution is 2.22. The first-order valence-electron chi connectivity index (χ1n) is 7.53. The van der Waals surface area contributed by atoms with Crippen LogP contribution in [-0.4, -0.2) is 16.5 Å². The van der Waals surface area contributed by atoms with Gasteiger partial charge in [0, 0.05) is 16.3 Å². The van der Waals surface area contributed by atoms with Crippen LogP contribution in [0.25, 0.3) is 0 Å². The SMILES string of the molecule is CCc1nc(CSc2ccccc2)nc(CC)c1CCN. The minimum Gasteiger partial charge on any atom is -0.330 e. The van der Waals surface area contributed by atoms with Gasteiger partial charge < -0.3 is 5.73 Å². The molecule has 0 saturated heterocycles. The molecule has 0 bridgehead atoms. The van der Waals surface area contributed by atoms with Crippen LogP contribution in [0.15, 0.2) is 35.2 Å². The highest BCUT2D eigenvalue weighted by atomic mass is 32.2. The number of hydrogen-bond acceptors (Lipinski definition) is 4. The zero-order chi connectivity index (χ0) is 15.1. The molecular formula is C17H23N3S. The van der Waals surface area contributed by atoms with Gasteiger partial charge in [-0.15, -0.1) is 11.8 Å². The number of aromatic nitrogens is 2. The third kappa shape index (κ3) is 4.29. The standard InChI is InChI=1S/C17H23N3S/c1-3-15-14(10-11-18)16(4-2)20-17(19-15)12-21-13-8-6-5-7-9-13/h5-9H,3-4,10-12,18H2,1-2H3. The summed E-state index contributed by atoms with van der Waals surface area (Å²) >= 11 is 1.78. The second-order valence-electron chi connectivity index (χ2n) is 4.86. The third-order valence-corrected chi connectivity index (χ3v) is 4.41. The Hall–Kier alpha value is -1.39. The smallest absolute Gasteiger partial charge is 0.139 e. The number of thioether (sulfide) groups is 1. The Morgan fingerprint density at radius 2 is 1.62 bits per heavy atom. The molecule has 2 rings (SSSR count). The summed E-state index contributed by atoms with van der Waals surface area (Å²) in [5.41, 5.74) is 9.31. The van der Waals surface area contributed by atoms with Gasteiger partial charge in [-0.05, 0) is 43.5 Å². The van der Waals surface area contributed by atoms with E-state index in [0.29, 0.717) is 6.54 Å². The topological polar surface area (TPSA) is 51.8 Å². The van der Waals surface area contributed by atoms with Gasteiger partial charge in [-0.1, -0.05) is 32.0 Å². The van der Waals surface area contributed by atoms with Crippen molar-refractivity contribution in [1.82, 2.24) is 9.97 Å². The van der Waals surface area contributed by atoms with Crippen molar-refractivity contribution in [1.29, 1.82) is 0 Å². The largest absolute Gasteiger partial charge is 0.330 e. The van der Waals surface area contributed by atoms with Gasteiger partial charge in [0.25, 0.3) is 0 Å². The Morgan fingerprint density at radius 3 is 2.14 bits per heavy atom. The summed E-state index contributed by atoms with van der Waals surface area (Å²) in [5, 5.41) is 0. The van der Waals surface area contributed by atoms with Crippen molar-refractivity contribution in [2.75, 3.05) is 6.54 Å². The van der Waals surface area contributed by atoms with Gasteiger partial charge in [0.05, 0.1) is 5.75 Å². The molecule has 0 atom stereocenters. The van der Waals surface area contributed by atoms with Gasteiger partial charge in [0.15, 0.2) is 0 Å². The van der Waals surface area contributed by atoms with Crippen LogP contribution in [0, 0.1) is 0 Å². The van der Waals surface area contributed by atoms with Gasteiger partial charge in [-0.3, -0.25) is 0 Å². The predicted octanol–water partition coefficient (Wildman–Crippen LogP) is 3.39. The molecule has 0 saturated carbocycles. The van der Waals surface area contributed by atoms with E-state index in [4.69, 9.17) is 15.7 Å². The van der Waals surface area contributed by atoms with Crippen molar-refractivity contribution in [2.24, 2.45) is 5.73 Å². The van der Waals surface area contributed by atoms with Crippen LogP contribution < -0.4 is 5.73 Å². The van der Waals surface area contributed by atoms with Crippen LogP contribution in [-0.2, 0) is 25.0 Å². The lowest BCUT2D eigenvalue weighted by atomic mass is 10.0. The van der Waals surface area contributed by atoms with E-state index in [0.717, 1.165) is 42.2 Å². The van der Waals surface area contributed by atoms with E-state index in [2.05, 4.69) is 38.1 Å². The van der Waals surface area contributed by atoms with Crippen LogP contribution in [0.2, 0.25) is 0 Å². The Balaban J connectivity index is 2.20.